The van der Waals surface area contributed by atoms with Crippen molar-refractivity contribution >= 4 is 23.9 Å². The third kappa shape index (κ3) is 96.8. The summed E-state index contributed by atoms with van der Waals surface area (Å²) in [4.78, 5) is 0. The fourth-order valence-corrected chi connectivity index (χ4v) is 0.673. The Balaban J connectivity index is -0.0000000700. The zero-order valence-electron chi connectivity index (χ0n) is 18.4. The summed E-state index contributed by atoms with van der Waals surface area (Å²) >= 11 is 0. The molecule has 0 bridgehead atoms. The zero-order valence-corrected chi connectivity index (χ0v) is 19.2. The van der Waals surface area contributed by atoms with Gasteiger partial charge in [-0.1, -0.05) is 112 Å². The normalized spacial score (nSPS) is 8.90. The van der Waals surface area contributed by atoms with E-state index in [9.17, 15) is 0 Å². The van der Waals surface area contributed by atoms with Gasteiger partial charge in [-0.2, -0.15) is 0 Å². The molecule has 21 heavy (non-hydrogen) atoms. The van der Waals surface area contributed by atoms with Gasteiger partial charge in [-0.15, -0.1) is 6.53 Å². The smallest absolute Gasteiger partial charge is 0.0534 e. The number of unbranched alkanes of at least 4 members (excludes halogenated alkanes) is 7. The third-order valence-corrected chi connectivity index (χ3v) is 2.70. The molecule has 0 fully saturated rings. The van der Waals surface area contributed by atoms with Crippen molar-refractivity contribution in [2.45, 2.75) is 119 Å². The Kier molecular flexibility index (Phi) is 62.8. The van der Waals surface area contributed by atoms with Gasteiger partial charge in [0.1, 0.15) is 0 Å². The van der Waals surface area contributed by atoms with Gasteiger partial charge < -0.3 is 0 Å². The molecule has 0 unspecified atom stereocenters. The van der Waals surface area contributed by atoms with Gasteiger partial charge in [-0.25, -0.2) is 0 Å². The van der Waals surface area contributed by atoms with Crippen LogP contribution in [0.15, 0.2) is 12.6 Å². The van der Waals surface area contributed by atoms with Gasteiger partial charge >= 0.3 is 0 Å². The van der Waals surface area contributed by atoms with Crippen molar-refractivity contribution in [2.24, 2.45) is 0 Å². The molecule has 0 aliphatic rings. The van der Waals surface area contributed by atoms with Crippen molar-refractivity contribution in [3.05, 3.63) is 12.6 Å². The van der Waals surface area contributed by atoms with E-state index in [1.807, 2.05) is 0 Å². The maximum absolute atomic E-state index is 6.79. The van der Waals surface area contributed by atoms with E-state index in [1.54, 1.807) is 6.08 Å². The average Bonchev–Trinajstić information content (AvgIpc) is 2.55. The van der Waals surface area contributed by atoms with E-state index in [-0.39, 0.29) is 30.4 Å². The van der Waals surface area contributed by atoms with E-state index in [0.717, 1.165) is 12.8 Å². The first-order valence-electron chi connectivity index (χ1n) is 10.1. The molecule has 0 aliphatic carbocycles. The van der Waals surface area contributed by atoms with E-state index in [2.05, 4.69) is 48.5 Å². The molecule has 1 heteroatoms. The van der Waals surface area contributed by atoms with Crippen molar-refractivity contribution in [3.63, 3.8) is 0 Å². The van der Waals surface area contributed by atoms with E-state index >= 15 is 0 Å². The fourth-order valence-electron chi connectivity index (χ4n) is 0.673. The summed E-state index contributed by atoms with van der Waals surface area (Å²) in [5.41, 5.74) is 0. The molecule has 0 aliphatic heterocycles. The van der Waals surface area contributed by atoms with Gasteiger partial charge in [-0.05, 0) is 12.8 Å². The monoisotopic (exact) mass is 408 g/mol. The topological polar surface area (TPSA) is 0 Å². The molecule has 4 radical (unpaired) electrons. The number of rotatable bonds is 8. The summed E-state index contributed by atoms with van der Waals surface area (Å²) in [7, 11) is 0. The van der Waals surface area contributed by atoms with Crippen LogP contribution in [0, 0.1) is 0 Å². The van der Waals surface area contributed by atoms with Crippen molar-refractivity contribution in [3.8, 4) is 0 Å². The molecule has 0 N–H and O–H groups in total. The number of hydrogen-bond donors (Lipinski definition) is 0. The molecule has 0 amide bonds. The first-order chi connectivity index (χ1) is 10.5. The number of hydrogen-bond acceptors (Lipinski definition) is 0. The third-order valence-electron chi connectivity index (χ3n) is 2.70. The Labute approximate surface area is 158 Å². The standard InChI is InChI=1S/C8H16.3C4H10.Sn/c1-3-5-7-8-6-4-2;3*1-3-4-2;/h3H,1,4-8H2,2H3;3*3-4H2,1-2H3;/i1D2;;;;. The van der Waals surface area contributed by atoms with E-state index < -0.39 is 0 Å². The Morgan fingerprint density at radius 1 is 0.619 bits per heavy atom. The first kappa shape index (κ1) is 26.4. The van der Waals surface area contributed by atoms with Gasteiger partial charge in [0.05, 0.1) is 2.74 Å². The van der Waals surface area contributed by atoms with Gasteiger partial charge in [0.2, 0.25) is 0 Å². The molecule has 0 atom stereocenters. The zero-order chi connectivity index (χ0) is 18.1. The fraction of sp³-hybridized carbons (Fsp3) is 0.900. The van der Waals surface area contributed by atoms with Gasteiger partial charge in [0.15, 0.2) is 0 Å². The molecular weight excluding hydrogens is 359 g/mol. The van der Waals surface area contributed by atoms with Crippen LogP contribution < -0.4 is 0 Å². The molecule has 0 nitrogen and oxygen atoms in total. The minimum Gasteiger partial charge on any atom is -0.103 e. The van der Waals surface area contributed by atoms with Crippen LogP contribution in [0.25, 0.3) is 0 Å². The average molecular weight is 407 g/mol. The summed E-state index contributed by atoms with van der Waals surface area (Å²) < 4.78 is 13.6. The molecule has 0 aromatic heterocycles. The Morgan fingerprint density at radius 2 is 1.00 bits per heavy atom. The van der Waals surface area contributed by atoms with Crippen LogP contribution in [0.2, 0.25) is 0 Å². The van der Waals surface area contributed by atoms with E-state index in [0.29, 0.717) is 0 Å². The van der Waals surface area contributed by atoms with Crippen LogP contribution in [0.1, 0.15) is 122 Å². The van der Waals surface area contributed by atoms with Gasteiger partial charge in [0, 0.05) is 23.9 Å². The van der Waals surface area contributed by atoms with Crippen LogP contribution in [0.3, 0.4) is 0 Å². The van der Waals surface area contributed by atoms with Crippen LogP contribution in [0.4, 0.5) is 0 Å². The summed E-state index contributed by atoms with van der Waals surface area (Å²) in [5, 5.41) is 0. The van der Waals surface area contributed by atoms with Gasteiger partial charge in [-0.3, -0.25) is 0 Å². The van der Waals surface area contributed by atoms with Crippen LogP contribution in [-0.4, -0.2) is 23.9 Å². The van der Waals surface area contributed by atoms with Crippen molar-refractivity contribution in [1.29, 1.82) is 0 Å². The molecule has 0 rings (SSSR count). The second kappa shape index (κ2) is 49.9. The molecule has 0 aromatic rings. The first-order valence-corrected chi connectivity index (χ1v) is 9.15. The predicted molar refractivity (Wildman–Crippen MR) is 106 cm³/mol. The molecule has 0 heterocycles. The summed E-state index contributed by atoms with van der Waals surface area (Å²) in [5.74, 6) is 0. The number of allylic oxidation sites excluding steroid dienone is 1. The molecule has 0 spiro atoms. The molecule has 0 saturated heterocycles. The summed E-state index contributed by atoms with van der Waals surface area (Å²) in [6.45, 7) is 15.2. The minimum absolute atomic E-state index is 0. The Morgan fingerprint density at radius 3 is 1.24 bits per heavy atom. The second-order valence-corrected chi connectivity index (χ2v) is 5.05. The van der Waals surface area contributed by atoms with Crippen molar-refractivity contribution in [1.82, 2.24) is 0 Å². The maximum Gasteiger partial charge on any atom is 0.0534 e. The van der Waals surface area contributed by atoms with Gasteiger partial charge in [0.25, 0.3) is 0 Å². The predicted octanol–water partition coefficient (Wildman–Crippen LogP) is 8.18. The quantitative estimate of drug-likeness (QED) is 0.216. The SMILES string of the molecule is CCCC.CCCC.CCCC.[2H]C([2H])=CCCCCCC.[Sn]. The van der Waals surface area contributed by atoms with Crippen LogP contribution >= 0.6 is 0 Å². The summed E-state index contributed by atoms with van der Waals surface area (Å²) in [6, 6.07) is 0. The van der Waals surface area contributed by atoms with Crippen LogP contribution in [0.5, 0.6) is 0 Å². The molecule has 0 aromatic carbocycles. The molecule has 0 saturated carbocycles. The van der Waals surface area contributed by atoms with E-state index in [4.69, 9.17) is 2.74 Å². The molecule has 130 valence electrons. The maximum atomic E-state index is 6.79. The Bertz CT molecular complexity index is 152. The Hall–Kier alpha value is 0.539. The largest absolute Gasteiger partial charge is 0.103 e. The molecular formula is C20H46Sn. The summed E-state index contributed by atoms with van der Waals surface area (Å²) in [6.07, 6.45) is 15.4. The van der Waals surface area contributed by atoms with Crippen molar-refractivity contribution < 1.29 is 2.74 Å². The van der Waals surface area contributed by atoms with E-state index in [1.165, 1.54) is 57.8 Å². The van der Waals surface area contributed by atoms with Crippen LogP contribution in [-0.2, 0) is 0 Å². The minimum atomic E-state index is -0.0449. The second-order valence-electron chi connectivity index (χ2n) is 5.05. The van der Waals surface area contributed by atoms with Crippen molar-refractivity contribution in [2.75, 3.05) is 0 Å².